The number of aryl methyl sites for hydroxylation is 1. The number of nitrogens with zero attached hydrogens (tertiary/aromatic N) is 2. The van der Waals surface area contributed by atoms with Crippen LogP contribution in [-0.4, -0.2) is 28.0 Å². The Labute approximate surface area is 102 Å². The summed E-state index contributed by atoms with van der Waals surface area (Å²) in [5.41, 5.74) is 7.50. The molecule has 2 N–H and O–H groups in total. The molecule has 1 saturated heterocycles. The van der Waals surface area contributed by atoms with Crippen molar-refractivity contribution in [3.63, 3.8) is 0 Å². The Kier molecular flexibility index (Phi) is 3.07. The largest absolute Gasteiger partial charge is 0.326 e. The Morgan fingerprint density at radius 1 is 1.50 bits per heavy atom. The Morgan fingerprint density at radius 3 is 2.69 bits per heavy atom. The zero-order chi connectivity index (χ0) is 11.9. The monoisotopic (exact) mass is 239 g/mol. The lowest BCUT2D eigenvalue weighted by atomic mass is 10.0. The molecule has 0 saturated carbocycles. The van der Waals surface area contributed by atoms with E-state index in [0.29, 0.717) is 6.04 Å². The van der Waals surface area contributed by atoms with E-state index in [9.17, 15) is 0 Å². The molecule has 2 heterocycles. The molecule has 16 heavy (non-hydrogen) atoms. The zero-order valence-electron chi connectivity index (χ0n) is 10.5. The van der Waals surface area contributed by atoms with E-state index in [0.717, 1.165) is 18.7 Å². The molecule has 2 unspecified atom stereocenters. The van der Waals surface area contributed by atoms with E-state index < -0.39 is 0 Å². The second-order valence-corrected chi connectivity index (χ2v) is 6.48. The minimum absolute atomic E-state index is 0.165. The van der Waals surface area contributed by atoms with Crippen molar-refractivity contribution in [2.45, 2.75) is 51.7 Å². The van der Waals surface area contributed by atoms with E-state index in [1.165, 1.54) is 5.01 Å². The van der Waals surface area contributed by atoms with E-state index in [1.807, 2.05) is 6.92 Å². The van der Waals surface area contributed by atoms with Crippen molar-refractivity contribution < 1.29 is 0 Å². The van der Waals surface area contributed by atoms with Crippen molar-refractivity contribution in [3.8, 4) is 0 Å². The summed E-state index contributed by atoms with van der Waals surface area (Å²) in [7, 11) is 0. The van der Waals surface area contributed by atoms with E-state index >= 15 is 0 Å². The van der Waals surface area contributed by atoms with E-state index in [-0.39, 0.29) is 11.6 Å². The van der Waals surface area contributed by atoms with Crippen molar-refractivity contribution in [1.29, 1.82) is 0 Å². The molecule has 2 rings (SSSR count). The zero-order valence-corrected chi connectivity index (χ0v) is 11.3. The SMILES string of the molecule is Cc1csc(C2C(N)CCN2C(C)(C)C)n1. The first kappa shape index (κ1) is 12.0. The van der Waals surface area contributed by atoms with Crippen LogP contribution in [-0.2, 0) is 0 Å². The van der Waals surface area contributed by atoms with Crippen LogP contribution in [0.2, 0.25) is 0 Å². The molecule has 0 amide bonds. The smallest absolute Gasteiger partial charge is 0.112 e. The third-order valence-corrected chi connectivity index (χ3v) is 4.23. The minimum Gasteiger partial charge on any atom is -0.326 e. The van der Waals surface area contributed by atoms with Crippen molar-refractivity contribution in [2.75, 3.05) is 6.54 Å². The van der Waals surface area contributed by atoms with E-state index in [2.05, 4.69) is 36.0 Å². The second-order valence-electron chi connectivity index (χ2n) is 5.59. The van der Waals surface area contributed by atoms with Gasteiger partial charge in [0.1, 0.15) is 5.01 Å². The molecular weight excluding hydrogens is 218 g/mol. The average molecular weight is 239 g/mol. The summed E-state index contributed by atoms with van der Waals surface area (Å²) in [5.74, 6) is 0. The van der Waals surface area contributed by atoms with Crippen LogP contribution < -0.4 is 5.73 Å². The van der Waals surface area contributed by atoms with Gasteiger partial charge in [-0.25, -0.2) is 4.98 Å². The lowest BCUT2D eigenvalue weighted by Crippen LogP contribution is -2.43. The maximum absolute atomic E-state index is 6.23. The molecule has 1 fully saturated rings. The summed E-state index contributed by atoms with van der Waals surface area (Å²) >= 11 is 1.74. The number of hydrogen-bond acceptors (Lipinski definition) is 4. The highest BCUT2D eigenvalue weighted by molar-refractivity contribution is 7.09. The van der Waals surface area contributed by atoms with Gasteiger partial charge in [-0.1, -0.05) is 0 Å². The van der Waals surface area contributed by atoms with Gasteiger partial charge in [0.25, 0.3) is 0 Å². The van der Waals surface area contributed by atoms with Crippen LogP contribution in [0.1, 0.15) is 43.9 Å². The number of rotatable bonds is 1. The van der Waals surface area contributed by atoms with Gasteiger partial charge in [-0.15, -0.1) is 11.3 Å². The van der Waals surface area contributed by atoms with Crippen molar-refractivity contribution in [3.05, 3.63) is 16.1 Å². The highest BCUT2D eigenvalue weighted by Gasteiger charge is 2.40. The van der Waals surface area contributed by atoms with Gasteiger partial charge in [0.15, 0.2) is 0 Å². The quantitative estimate of drug-likeness (QED) is 0.818. The van der Waals surface area contributed by atoms with Gasteiger partial charge in [0, 0.05) is 29.2 Å². The van der Waals surface area contributed by atoms with Crippen molar-refractivity contribution >= 4 is 11.3 Å². The Hall–Kier alpha value is -0.450. The standard InChI is InChI=1S/C12H21N3S/c1-8-7-16-11(14-8)10-9(13)5-6-15(10)12(2,3)4/h7,9-10H,5-6,13H2,1-4H3. The molecule has 0 radical (unpaired) electrons. The lowest BCUT2D eigenvalue weighted by Gasteiger charge is -2.37. The van der Waals surface area contributed by atoms with Crippen LogP contribution in [0.4, 0.5) is 0 Å². The number of likely N-dealkylation sites (tertiary alicyclic amines) is 1. The Morgan fingerprint density at radius 2 is 2.19 bits per heavy atom. The lowest BCUT2D eigenvalue weighted by molar-refractivity contribution is 0.117. The fourth-order valence-electron chi connectivity index (χ4n) is 2.39. The highest BCUT2D eigenvalue weighted by atomic mass is 32.1. The summed E-state index contributed by atoms with van der Waals surface area (Å²) < 4.78 is 0. The molecule has 1 aliphatic rings. The van der Waals surface area contributed by atoms with Gasteiger partial charge in [-0.2, -0.15) is 0 Å². The third kappa shape index (κ3) is 2.14. The maximum atomic E-state index is 6.23. The van der Waals surface area contributed by atoms with Gasteiger partial charge in [-0.05, 0) is 34.1 Å². The molecular formula is C12H21N3S. The normalized spacial score (nSPS) is 27.6. The van der Waals surface area contributed by atoms with E-state index in [4.69, 9.17) is 5.73 Å². The van der Waals surface area contributed by atoms with Gasteiger partial charge in [0.2, 0.25) is 0 Å². The first-order valence-electron chi connectivity index (χ1n) is 5.84. The van der Waals surface area contributed by atoms with Crippen LogP contribution in [0.15, 0.2) is 5.38 Å². The van der Waals surface area contributed by atoms with Crippen LogP contribution in [0.3, 0.4) is 0 Å². The molecule has 2 atom stereocenters. The third-order valence-electron chi connectivity index (χ3n) is 3.20. The summed E-state index contributed by atoms with van der Waals surface area (Å²) in [6.07, 6.45) is 1.07. The summed E-state index contributed by atoms with van der Waals surface area (Å²) in [6.45, 7) is 9.87. The summed E-state index contributed by atoms with van der Waals surface area (Å²) in [5, 5.41) is 3.29. The minimum atomic E-state index is 0.165. The molecule has 0 spiro atoms. The van der Waals surface area contributed by atoms with Crippen LogP contribution in [0.25, 0.3) is 0 Å². The fraction of sp³-hybridized carbons (Fsp3) is 0.750. The average Bonchev–Trinajstić information content (AvgIpc) is 2.70. The Bertz CT molecular complexity index is 367. The topological polar surface area (TPSA) is 42.1 Å². The number of thiazole rings is 1. The number of aromatic nitrogens is 1. The molecule has 3 nitrogen and oxygen atoms in total. The molecule has 0 bridgehead atoms. The van der Waals surface area contributed by atoms with Crippen molar-refractivity contribution in [1.82, 2.24) is 9.88 Å². The molecule has 1 aromatic heterocycles. The number of hydrogen-bond donors (Lipinski definition) is 1. The van der Waals surface area contributed by atoms with Crippen LogP contribution in [0, 0.1) is 6.92 Å². The van der Waals surface area contributed by atoms with Crippen LogP contribution >= 0.6 is 11.3 Å². The van der Waals surface area contributed by atoms with E-state index in [1.54, 1.807) is 11.3 Å². The fourth-order valence-corrected chi connectivity index (χ4v) is 3.38. The highest BCUT2D eigenvalue weighted by Crippen LogP contribution is 2.37. The van der Waals surface area contributed by atoms with Gasteiger partial charge in [0.05, 0.1) is 6.04 Å². The second kappa shape index (κ2) is 4.09. The molecule has 0 aliphatic carbocycles. The van der Waals surface area contributed by atoms with Gasteiger partial charge < -0.3 is 5.73 Å². The molecule has 1 aliphatic heterocycles. The van der Waals surface area contributed by atoms with Gasteiger partial charge >= 0.3 is 0 Å². The molecule has 0 aromatic carbocycles. The molecule has 90 valence electrons. The van der Waals surface area contributed by atoms with Crippen molar-refractivity contribution in [2.24, 2.45) is 5.73 Å². The predicted octanol–water partition coefficient (Wildman–Crippen LogP) is 2.32. The number of nitrogens with two attached hydrogens (primary N) is 1. The van der Waals surface area contributed by atoms with Gasteiger partial charge in [-0.3, -0.25) is 4.90 Å². The molecule has 1 aromatic rings. The summed E-state index contributed by atoms with van der Waals surface area (Å²) in [6, 6.07) is 0.531. The first-order valence-corrected chi connectivity index (χ1v) is 6.72. The first-order chi connectivity index (χ1) is 7.39. The Balaban J connectivity index is 2.29. The maximum Gasteiger partial charge on any atom is 0.112 e. The molecule has 4 heteroatoms. The summed E-state index contributed by atoms with van der Waals surface area (Å²) in [4.78, 5) is 7.09. The predicted molar refractivity (Wildman–Crippen MR) is 68.6 cm³/mol. The van der Waals surface area contributed by atoms with Crippen LogP contribution in [0.5, 0.6) is 0 Å².